The second-order valence-corrected chi connectivity index (χ2v) is 5.15. The minimum atomic E-state index is -0.185. The average Bonchev–Trinajstić information content (AvgIpc) is 2.98. The van der Waals surface area contributed by atoms with Crippen LogP contribution in [0.25, 0.3) is 0 Å². The zero-order valence-corrected chi connectivity index (χ0v) is 12.0. The predicted octanol–water partition coefficient (Wildman–Crippen LogP) is 2.37. The number of anilines is 1. The molecule has 0 saturated carbocycles. The first-order valence-electron chi connectivity index (χ1n) is 6.36. The molecule has 0 saturated heterocycles. The second kappa shape index (κ2) is 6.91. The molecule has 0 radical (unpaired) electrons. The third-order valence-electron chi connectivity index (χ3n) is 2.77. The van der Waals surface area contributed by atoms with Crippen molar-refractivity contribution in [3.05, 3.63) is 40.8 Å². The molecule has 1 heterocycles. The van der Waals surface area contributed by atoms with Crippen molar-refractivity contribution in [3.8, 4) is 5.75 Å². The zero-order chi connectivity index (χ0) is 14.4. The molecule has 1 aromatic heterocycles. The van der Waals surface area contributed by atoms with Crippen molar-refractivity contribution in [2.75, 3.05) is 12.3 Å². The van der Waals surface area contributed by atoms with Gasteiger partial charge in [-0.3, -0.25) is 4.79 Å². The van der Waals surface area contributed by atoms with Gasteiger partial charge in [-0.25, -0.2) is 4.98 Å². The molecular formula is C14H17N3O2S. The molecule has 6 heteroatoms. The highest BCUT2D eigenvalue weighted by atomic mass is 32.1. The van der Waals surface area contributed by atoms with Crippen molar-refractivity contribution in [2.45, 2.75) is 19.4 Å². The second-order valence-electron chi connectivity index (χ2n) is 4.23. The molecule has 0 aliphatic rings. The van der Waals surface area contributed by atoms with Gasteiger partial charge in [-0.05, 0) is 18.6 Å². The zero-order valence-electron chi connectivity index (χ0n) is 11.2. The van der Waals surface area contributed by atoms with E-state index in [1.54, 1.807) is 18.3 Å². The SMILES string of the molecule is CCC(NC(=O)COc1ccccc1N)c1nccs1. The number of aromatic nitrogens is 1. The number of para-hydroxylation sites is 2. The Labute approximate surface area is 121 Å². The van der Waals surface area contributed by atoms with Gasteiger partial charge in [0, 0.05) is 11.6 Å². The number of hydrogen-bond acceptors (Lipinski definition) is 5. The lowest BCUT2D eigenvalue weighted by atomic mass is 10.2. The Morgan fingerprint density at radius 2 is 2.30 bits per heavy atom. The molecule has 1 amide bonds. The molecule has 1 unspecified atom stereocenters. The third kappa shape index (κ3) is 3.71. The fourth-order valence-corrected chi connectivity index (χ4v) is 2.51. The van der Waals surface area contributed by atoms with Crippen LogP contribution in [-0.4, -0.2) is 17.5 Å². The van der Waals surface area contributed by atoms with Crippen LogP contribution in [0.5, 0.6) is 5.75 Å². The number of hydrogen-bond donors (Lipinski definition) is 2. The largest absolute Gasteiger partial charge is 0.482 e. The molecule has 0 aliphatic carbocycles. The Morgan fingerprint density at radius 1 is 1.50 bits per heavy atom. The monoisotopic (exact) mass is 291 g/mol. The van der Waals surface area contributed by atoms with E-state index in [0.29, 0.717) is 11.4 Å². The Morgan fingerprint density at radius 3 is 2.95 bits per heavy atom. The van der Waals surface area contributed by atoms with Crippen molar-refractivity contribution in [2.24, 2.45) is 0 Å². The number of carbonyl (C=O) groups is 1. The summed E-state index contributed by atoms with van der Waals surface area (Å²) in [5.74, 6) is 0.334. The summed E-state index contributed by atoms with van der Waals surface area (Å²) in [6.45, 7) is 1.94. The highest BCUT2D eigenvalue weighted by molar-refractivity contribution is 7.09. The van der Waals surface area contributed by atoms with Gasteiger partial charge in [0.2, 0.25) is 0 Å². The summed E-state index contributed by atoms with van der Waals surface area (Å²) in [6.07, 6.45) is 2.52. The fraction of sp³-hybridized carbons (Fsp3) is 0.286. The Balaban J connectivity index is 1.88. The average molecular weight is 291 g/mol. The normalized spacial score (nSPS) is 11.8. The summed E-state index contributed by atoms with van der Waals surface area (Å²) in [4.78, 5) is 16.1. The molecule has 1 atom stereocenters. The van der Waals surface area contributed by atoms with Gasteiger partial charge < -0.3 is 15.8 Å². The van der Waals surface area contributed by atoms with Crippen molar-refractivity contribution in [1.29, 1.82) is 0 Å². The van der Waals surface area contributed by atoms with Crippen LogP contribution >= 0.6 is 11.3 Å². The Hall–Kier alpha value is -2.08. The number of nitrogen functional groups attached to an aromatic ring is 1. The highest BCUT2D eigenvalue weighted by Gasteiger charge is 2.15. The lowest BCUT2D eigenvalue weighted by molar-refractivity contribution is -0.123. The number of benzene rings is 1. The Kier molecular flexibility index (Phi) is 4.95. The van der Waals surface area contributed by atoms with Gasteiger partial charge in [-0.2, -0.15) is 0 Å². The van der Waals surface area contributed by atoms with Crippen LogP contribution in [0.15, 0.2) is 35.8 Å². The summed E-state index contributed by atoms with van der Waals surface area (Å²) in [5.41, 5.74) is 6.27. The predicted molar refractivity (Wildman–Crippen MR) is 79.6 cm³/mol. The molecule has 1 aromatic carbocycles. The van der Waals surface area contributed by atoms with Crippen LogP contribution in [0.3, 0.4) is 0 Å². The molecule has 3 N–H and O–H groups in total. The molecular weight excluding hydrogens is 274 g/mol. The van der Waals surface area contributed by atoms with Crippen LogP contribution in [0, 0.1) is 0 Å². The lowest BCUT2D eigenvalue weighted by Gasteiger charge is -2.15. The standard InChI is InChI=1S/C14H17N3O2S/c1-2-11(14-16-7-8-20-14)17-13(18)9-19-12-6-4-3-5-10(12)15/h3-8,11H,2,9,15H2,1H3,(H,17,18). The molecule has 2 rings (SSSR count). The number of carbonyl (C=O) groups excluding carboxylic acids is 1. The first-order chi connectivity index (χ1) is 9.70. The maximum absolute atomic E-state index is 11.9. The summed E-state index contributed by atoms with van der Waals surface area (Å²) < 4.78 is 5.41. The first-order valence-corrected chi connectivity index (χ1v) is 7.24. The Bertz CT molecular complexity index is 557. The quantitative estimate of drug-likeness (QED) is 0.801. The first kappa shape index (κ1) is 14.3. The summed E-state index contributed by atoms with van der Waals surface area (Å²) in [5, 5.41) is 5.70. The van der Waals surface area contributed by atoms with E-state index in [1.807, 2.05) is 24.4 Å². The van der Waals surface area contributed by atoms with Crippen LogP contribution in [-0.2, 0) is 4.79 Å². The van der Waals surface area contributed by atoms with E-state index in [0.717, 1.165) is 11.4 Å². The van der Waals surface area contributed by atoms with E-state index in [1.165, 1.54) is 11.3 Å². The molecule has 2 aromatic rings. The van der Waals surface area contributed by atoms with E-state index in [2.05, 4.69) is 10.3 Å². The maximum Gasteiger partial charge on any atom is 0.258 e. The number of amides is 1. The molecule has 0 aliphatic heterocycles. The molecule has 20 heavy (non-hydrogen) atoms. The van der Waals surface area contributed by atoms with Crippen LogP contribution < -0.4 is 15.8 Å². The van der Waals surface area contributed by atoms with Crippen molar-refractivity contribution in [1.82, 2.24) is 10.3 Å². The summed E-state index contributed by atoms with van der Waals surface area (Å²) in [6, 6.07) is 7.03. The minimum Gasteiger partial charge on any atom is -0.482 e. The fourth-order valence-electron chi connectivity index (χ4n) is 1.74. The van der Waals surface area contributed by atoms with E-state index in [4.69, 9.17) is 10.5 Å². The third-order valence-corrected chi connectivity index (χ3v) is 3.66. The van der Waals surface area contributed by atoms with E-state index in [-0.39, 0.29) is 18.6 Å². The van der Waals surface area contributed by atoms with Gasteiger partial charge in [0.15, 0.2) is 6.61 Å². The van der Waals surface area contributed by atoms with Crippen molar-refractivity contribution in [3.63, 3.8) is 0 Å². The van der Waals surface area contributed by atoms with Crippen molar-refractivity contribution < 1.29 is 9.53 Å². The number of ether oxygens (including phenoxy) is 1. The number of nitrogens with zero attached hydrogens (tertiary/aromatic N) is 1. The van der Waals surface area contributed by atoms with Gasteiger partial charge in [0.05, 0.1) is 11.7 Å². The van der Waals surface area contributed by atoms with E-state index < -0.39 is 0 Å². The van der Waals surface area contributed by atoms with Gasteiger partial charge in [-0.15, -0.1) is 11.3 Å². The lowest BCUT2D eigenvalue weighted by Crippen LogP contribution is -2.32. The van der Waals surface area contributed by atoms with Crippen LogP contribution in [0.1, 0.15) is 24.4 Å². The van der Waals surface area contributed by atoms with Gasteiger partial charge in [-0.1, -0.05) is 19.1 Å². The molecule has 0 fully saturated rings. The molecule has 5 nitrogen and oxygen atoms in total. The van der Waals surface area contributed by atoms with Crippen LogP contribution in [0.2, 0.25) is 0 Å². The topological polar surface area (TPSA) is 77.2 Å². The van der Waals surface area contributed by atoms with Gasteiger partial charge in [0.25, 0.3) is 5.91 Å². The van der Waals surface area contributed by atoms with E-state index in [9.17, 15) is 4.79 Å². The molecule has 0 bridgehead atoms. The number of rotatable bonds is 6. The summed E-state index contributed by atoms with van der Waals surface area (Å²) in [7, 11) is 0. The van der Waals surface area contributed by atoms with E-state index >= 15 is 0 Å². The maximum atomic E-state index is 11.9. The van der Waals surface area contributed by atoms with Gasteiger partial charge >= 0.3 is 0 Å². The summed E-state index contributed by atoms with van der Waals surface area (Å²) >= 11 is 1.53. The highest BCUT2D eigenvalue weighted by Crippen LogP contribution is 2.20. The van der Waals surface area contributed by atoms with Gasteiger partial charge in [0.1, 0.15) is 10.8 Å². The number of nitrogens with two attached hydrogens (primary N) is 1. The smallest absolute Gasteiger partial charge is 0.258 e. The minimum absolute atomic E-state index is 0.0594. The molecule has 0 spiro atoms. The number of nitrogens with one attached hydrogen (secondary N) is 1. The van der Waals surface area contributed by atoms with Crippen LogP contribution in [0.4, 0.5) is 5.69 Å². The number of thiazole rings is 1. The van der Waals surface area contributed by atoms with Crippen molar-refractivity contribution >= 4 is 22.9 Å². The molecule has 106 valence electrons.